The molecule has 120 valence electrons. The van der Waals surface area contributed by atoms with Crippen LogP contribution in [0.1, 0.15) is 31.3 Å². The second-order valence-corrected chi connectivity index (χ2v) is 4.99. The monoisotopic (exact) mass is 317 g/mol. The van der Waals surface area contributed by atoms with Crippen LogP contribution in [0.15, 0.2) is 35.0 Å². The molecule has 1 atom stereocenters. The first-order chi connectivity index (χ1) is 11.2. The molecule has 0 spiro atoms. The number of hydrogen-bond donors (Lipinski definition) is 0. The molecule has 3 aromatic rings. The molecule has 0 aliphatic heterocycles. The third-order valence-electron chi connectivity index (χ3n) is 3.21. The predicted octanol–water partition coefficient (Wildman–Crippen LogP) is 2.61. The second kappa shape index (κ2) is 6.66. The summed E-state index contributed by atoms with van der Waals surface area (Å²) >= 11 is 0. The minimum Gasteiger partial charge on any atom is -0.371 e. The van der Waals surface area contributed by atoms with Gasteiger partial charge in [0.2, 0.25) is 5.82 Å². The lowest BCUT2D eigenvalue weighted by molar-refractivity contribution is 0.0683. The van der Waals surface area contributed by atoms with E-state index in [9.17, 15) is 4.39 Å². The zero-order valence-corrected chi connectivity index (χ0v) is 12.8. The molecule has 23 heavy (non-hydrogen) atoms. The van der Waals surface area contributed by atoms with Crippen molar-refractivity contribution in [1.29, 1.82) is 0 Å². The van der Waals surface area contributed by atoms with E-state index in [1.807, 2.05) is 19.9 Å². The Morgan fingerprint density at radius 1 is 1.39 bits per heavy atom. The van der Waals surface area contributed by atoms with E-state index in [0.29, 0.717) is 24.7 Å². The summed E-state index contributed by atoms with van der Waals surface area (Å²) in [5.74, 6) is 0.452. The maximum Gasteiger partial charge on any atom is 0.280 e. The van der Waals surface area contributed by atoms with Gasteiger partial charge in [-0.3, -0.25) is 0 Å². The standard InChI is InChI=1S/C15H16FN5O2/c1-3-22-10(2)14-17-15(23-19-14)13-9-21(20-18-13)8-11-5-4-6-12(16)7-11/h4-7,9-10H,3,8H2,1-2H3. The quantitative estimate of drug-likeness (QED) is 0.695. The Labute approximate surface area is 132 Å². The van der Waals surface area contributed by atoms with Gasteiger partial charge in [0, 0.05) is 6.61 Å². The maximum atomic E-state index is 13.2. The van der Waals surface area contributed by atoms with Crippen molar-refractivity contribution in [2.75, 3.05) is 6.61 Å². The molecular weight excluding hydrogens is 301 g/mol. The highest BCUT2D eigenvalue weighted by Gasteiger charge is 2.17. The van der Waals surface area contributed by atoms with Gasteiger partial charge >= 0.3 is 0 Å². The van der Waals surface area contributed by atoms with E-state index in [1.54, 1.807) is 16.9 Å². The SMILES string of the molecule is CCOC(C)c1noc(-c2cn(Cc3cccc(F)c3)nn2)n1. The highest BCUT2D eigenvalue weighted by atomic mass is 19.1. The lowest BCUT2D eigenvalue weighted by Gasteiger charge is -2.04. The van der Waals surface area contributed by atoms with Crippen LogP contribution in [0.2, 0.25) is 0 Å². The molecule has 3 rings (SSSR count). The van der Waals surface area contributed by atoms with Crippen molar-refractivity contribution >= 4 is 0 Å². The fraction of sp³-hybridized carbons (Fsp3) is 0.333. The minimum absolute atomic E-state index is 0.250. The zero-order valence-electron chi connectivity index (χ0n) is 12.8. The first kappa shape index (κ1) is 15.3. The number of benzene rings is 1. The maximum absolute atomic E-state index is 13.2. The number of nitrogens with zero attached hydrogens (tertiary/aromatic N) is 5. The Bertz CT molecular complexity index is 786. The average molecular weight is 317 g/mol. The molecule has 0 radical (unpaired) electrons. The number of ether oxygens (including phenoxy) is 1. The van der Waals surface area contributed by atoms with Crippen molar-refractivity contribution in [2.24, 2.45) is 0 Å². The van der Waals surface area contributed by atoms with Crippen molar-refractivity contribution in [3.8, 4) is 11.6 Å². The van der Waals surface area contributed by atoms with E-state index in [-0.39, 0.29) is 17.8 Å². The fourth-order valence-corrected chi connectivity index (χ4v) is 2.12. The molecule has 0 aliphatic rings. The van der Waals surface area contributed by atoms with E-state index in [0.717, 1.165) is 5.56 Å². The van der Waals surface area contributed by atoms with Gasteiger partial charge in [-0.25, -0.2) is 9.07 Å². The second-order valence-electron chi connectivity index (χ2n) is 4.99. The number of aromatic nitrogens is 5. The molecule has 0 N–H and O–H groups in total. The summed E-state index contributed by atoms with van der Waals surface area (Å²) in [4.78, 5) is 4.25. The number of hydrogen-bond acceptors (Lipinski definition) is 6. The molecule has 1 unspecified atom stereocenters. The lowest BCUT2D eigenvalue weighted by Crippen LogP contribution is -2.01. The van der Waals surface area contributed by atoms with Crippen molar-refractivity contribution in [2.45, 2.75) is 26.5 Å². The summed E-state index contributed by atoms with van der Waals surface area (Å²) in [5, 5.41) is 11.9. The third-order valence-corrected chi connectivity index (χ3v) is 3.21. The lowest BCUT2D eigenvalue weighted by atomic mass is 10.2. The Morgan fingerprint density at radius 3 is 3.04 bits per heavy atom. The first-order valence-corrected chi connectivity index (χ1v) is 7.26. The molecular formula is C15H16FN5O2. The van der Waals surface area contributed by atoms with E-state index >= 15 is 0 Å². The molecule has 2 aromatic heterocycles. The molecule has 0 amide bonds. The summed E-state index contributed by atoms with van der Waals surface area (Å²) in [6.07, 6.45) is 1.42. The Kier molecular flexibility index (Phi) is 4.42. The fourth-order valence-electron chi connectivity index (χ4n) is 2.12. The van der Waals surface area contributed by atoms with Crippen LogP contribution in [0.3, 0.4) is 0 Å². The van der Waals surface area contributed by atoms with Crippen LogP contribution in [0, 0.1) is 5.82 Å². The summed E-state index contributed by atoms with van der Waals surface area (Å²) < 4.78 is 25.4. The van der Waals surface area contributed by atoms with E-state index in [2.05, 4.69) is 20.5 Å². The summed E-state index contributed by atoms with van der Waals surface area (Å²) in [6.45, 7) is 4.71. The molecule has 0 saturated heterocycles. The number of halogens is 1. The third kappa shape index (κ3) is 3.59. The van der Waals surface area contributed by atoms with E-state index in [1.165, 1.54) is 12.1 Å². The normalized spacial score (nSPS) is 12.5. The van der Waals surface area contributed by atoms with Gasteiger partial charge in [-0.2, -0.15) is 4.98 Å². The van der Waals surface area contributed by atoms with Gasteiger partial charge in [0.1, 0.15) is 11.9 Å². The van der Waals surface area contributed by atoms with Gasteiger partial charge in [-0.05, 0) is 31.5 Å². The van der Waals surface area contributed by atoms with Gasteiger partial charge in [0.15, 0.2) is 5.69 Å². The molecule has 0 bridgehead atoms. The highest BCUT2D eigenvalue weighted by Crippen LogP contribution is 2.19. The summed E-state index contributed by atoms with van der Waals surface area (Å²) in [5.41, 5.74) is 1.25. The van der Waals surface area contributed by atoms with Gasteiger partial charge in [-0.1, -0.05) is 22.5 Å². The van der Waals surface area contributed by atoms with Crippen LogP contribution in [0.25, 0.3) is 11.6 Å². The van der Waals surface area contributed by atoms with Crippen molar-refractivity contribution in [1.82, 2.24) is 25.1 Å². The molecule has 0 fully saturated rings. The van der Waals surface area contributed by atoms with E-state index in [4.69, 9.17) is 9.26 Å². The van der Waals surface area contributed by atoms with Crippen molar-refractivity contribution in [3.63, 3.8) is 0 Å². The van der Waals surface area contributed by atoms with Gasteiger partial charge in [0.05, 0.1) is 12.7 Å². The van der Waals surface area contributed by atoms with Gasteiger partial charge < -0.3 is 9.26 Å². The van der Waals surface area contributed by atoms with Gasteiger partial charge in [-0.15, -0.1) is 5.10 Å². The summed E-state index contributed by atoms with van der Waals surface area (Å²) in [7, 11) is 0. The minimum atomic E-state index is -0.283. The Balaban J connectivity index is 1.74. The Hall–Kier alpha value is -2.61. The van der Waals surface area contributed by atoms with Crippen LogP contribution in [0.4, 0.5) is 4.39 Å². The van der Waals surface area contributed by atoms with Gasteiger partial charge in [0.25, 0.3) is 5.89 Å². The smallest absolute Gasteiger partial charge is 0.280 e. The molecule has 0 saturated carbocycles. The van der Waals surface area contributed by atoms with Crippen LogP contribution in [-0.4, -0.2) is 31.7 Å². The summed E-state index contributed by atoms with van der Waals surface area (Å²) in [6, 6.07) is 6.33. The molecule has 7 nitrogen and oxygen atoms in total. The predicted molar refractivity (Wildman–Crippen MR) is 78.9 cm³/mol. The van der Waals surface area contributed by atoms with E-state index < -0.39 is 0 Å². The Morgan fingerprint density at radius 2 is 2.26 bits per heavy atom. The average Bonchev–Trinajstić information content (AvgIpc) is 3.16. The van der Waals surface area contributed by atoms with Crippen LogP contribution >= 0.6 is 0 Å². The topological polar surface area (TPSA) is 78.9 Å². The van der Waals surface area contributed by atoms with Crippen molar-refractivity contribution in [3.05, 3.63) is 47.7 Å². The van der Waals surface area contributed by atoms with Crippen LogP contribution in [0.5, 0.6) is 0 Å². The molecule has 0 aliphatic carbocycles. The molecule has 8 heteroatoms. The first-order valence-electron chi connectivity index (χ1n) is 7.26. The van der Waals surface area contributed by atoms with Crippen LogP contribution in [-0.2, 0) is 11.3 Å². The zero-order chi connectivity index (χ0) is 16.2. The molecule has 2 heterocycles. The highest BCUT2D eigenvalue weighted by molar-refractivity contribution is 5.43. The van der Waals surface area contributed by atoms with Crippen molar-refractivity contribution < 1.29 is 13.7 Å². The molecule has 1 aromatic carbocycles. The number of rotatable bonds is 6. The van der Waals surface area contributed by atoms with Crippen LogP contribution < -0.4 is 0 Å². The largest absolute Gasteiger partial charge is 0.371 e.